The van der Waals surface area contributed by atoms with Gasteiger partial charge in [0.1, 0.15) is 6.54 Å². The zero-order chi connectivity index (χ0) is 20.3. The van der Waals surface area contributed by atoms with E-state index in [-0.39, 0.29) is 6.54 Å². The molecule has 0 saturated carbocycles. The van der Waals surface area contributed by atoms with Gasteiger partial charge in [0.15, 0.2) is 11.5 Å². The van der Waals surface area contributed by atoms with Gasteiger partial charge in [0.2, 0.25) is 5.91 Å². The highest BCUT2D eigenvalue weighted by Gasteiger charge is 2.45. The molecule has 2 heterocycles. The largest absolute Gasteiger partial charge is 0.493 e. The molecule has 1 aromatic heterocycles. The minimum atomic E-state index is -1.02. The zero-order valence-corrected chi connectivity index (χ0v) is 15.9. The number of anilines is 1. The molecule has 0 unspecified atom stereocenters. The summed E-state index contributed by atoms with van der Waals surface area (Å²) in [6, 6.07) is 7.45. The minimum Gasteiger partial charge on any atom is -0.493 e. The number of methoxy groups -OCH3 is 2. The Labute approximate surface area is 164 Å². The van der Waals surface area contributed by atoms with Crippen LogP contribution < -0.4 is 14.8 Å². The third-order valence-corrected chi connectivity index (χ3v) is 4.86. The van der Waals surface area contributed by atoms with E-state index in [0.717, 1.165) is 9.78 Å². The molecule has 0 bridgehead atoms. The van der Waals surface area contributed by atoms with Crippen molar-refractivity contribution in [1.82, 2.24) is 9.80 Å². The number of carbonyl (C=O) groups is 4. The molecule has 0 aliphatic carbocycles. The normalized spacial score (nSPS) is 13.9. The SMILES string of the molecule is COc1ccc(NC(=O)CN2C(=O)C(=O)N(Cc3cccs3)C2=O)cc1OC. The van der Waals surface area contributed by atoms with E-state index in [0.29, 0.717) is 22.1 Å². The summed E-state index contributed by atoms with van der Waals surface area (Å²) in [5.74, 6) is -1.70. The van der Waals surface area contributed by atoms with Crippen molar-refractivity contribution in [2.75, 3.05) is 26.1 Å². The summed E-state index contributed by atoms with van der Waals surface area (Å²) in [6.45, 7) is -0.576. The Bertz CT molecular complexity index is 927. The number of imide groups is 2. The first-order chi connectivity index (χ1) is 13.4. The molecule has 2 aromatic rings. The van der Waals surface area contributed by atoms with E-state index in [4.69, 9.17) is 9.47 Å². The van der Waals surface area contributed by atoms with Crippen LogP contribution in [0, 0.1) is 0 Å². The number of amides is 5. The van der Waals surface area contributed by atoms with Gasteiger partial charge in [-0.15, -0.1) is 11.3 Å². The molecule has 10 heteroatoms. The molecule has 3 rings (SSSR count). The summed E-state index contributed by atoms with van der Waals surface area (Å²) >= 11 is 1.36. The van der Waals surface area contributed by atoms with E-state index in [9.17, 15) is 19.2 Å². The van der Waals surface area contributed by atoms with E-state index >= 15 is 0 Å². The maximum atomic E-state index is 12.4. The quantitative estimate of drug-likeness (QED) is 0.557. The van der Waals surface area contributed by atoms with Crippen LogP contribution in [-0.2, 0) is 20.9 Å². The van der Waals surface area contributed by atoms with Crippen molar-refractivity contribution in [3.8, 4) is 11.5 Å². The Hall–Kier alpha value is -3.40. The van der Waals surface area contributed by atoms with Crippen molar-refractivity contribution < 1.29 is 28.7 Å². The van der Waals surface area contributed by atoms with Gasteiger partial charge in [0.25, 0.3) is 0 Å². The highest BCUT2D eigenvalue weighted by atomic mass is 32.1. The van der Waals surface area contributed by atoms with Gasteiger partial charge < -0.3 is 14.8 Å². The molecule has 1 fully saturated rings. The fraction of sp³-hybridized carbons (Fsp3) is 0.222. The predicted octanol–water partition coefficient (Wildman–Crippen LogP) is 1.69. The second-order valence-corrected chi connectivity index (χ2v) is 6.79. The minimum absolute atomic E-state index is 0.00509. The predicted molar refractivity (Wildman–Crippen MR) is 100 cm³/mol. The summed E-state index contributed by atoms with van der Waals surface area (Å²) in [5.41, 5.74) is 0.392. The number of nitrogens with one attached hydrogen (secondary N) is 1. The monoisotopic (exact) mass is 403 g/mol. The topological polar surface area (TPSA) is 105 Å². The highest BCUT2D eigenvalue weighted by molar-refractivity contribution is 7.09. The molecule has 1 aliphatic rings. The molecular formula is C18H17N3O6S. The van der Waals surface area contributed by atoms with Crippen LogP contribution in [0.25, 0.3) is 0 Å². The number of ether oxygens (including phenoxy) is 2. The van der Waals surface area contributed by atoms with Gasteiger partial charge in [0, 0.05) is 16.6 Å². The molecule has 0 atom stereocenters. The molecular weight excluding hydrogens is 386 g/mol. The molecule has 0 spiro atoms. The molecule has 0 radical (unpaired) electrons. The second-order valence-electron chi connectivity index (χ2n) is 5.76. The van der Waals surface area contributed by atoms with Crippen LogP contribution in [0.5, 0.6) is 11.5 Å². The number of hydrogen-bond acceptors (Lipinski definition) is 7. The number of carbonyl (C=O) groups excluding carboxylic acids is 4. The smallest absolute Gasteiger partial charge is 0.335 e. The third-order valence-electron chi connectivity index (χ3n) is 4.00. The number of benzene rings is 1. The van der Waals surface area contributed by atoms with Gasteiger partial charge in [-0.25, -0.2) is 9.69 Å². The Kier molecular flexibility index (Phi) is 5.59. The fourth-order valence-electron chi connectivity index (χ4n) is 2.65. The first-order valence-electron chi connectivity index (χ1n) is 8.16. The average molecular weight is 403 g/mol. The number of urea groups is 1. The number of thiophene rings is 1. The van der Waals surface area contributed by atoms with Gasteiger partial charge in [0.05, 0.1) is 20.8 Å². The highest BCUT2D eigenvalue weighted by Crippen LogP contribution is 2.29. The molecule has 1 aliphatic heterocycles. The molecule has 1 N–H and O–H groups in total. The molecule has 146 valence electrons. The summed E-state index contributed by atoms with van der Waals surface area (Å²) in [7, 11) is 2.94. The van der Waals surface area contributed by atoms with E-state index in [1.54, 1.807) is 35.7 Å². The van der Waals surface area contributed by atoms with Crippen molar-refractivity contribution in [3.05, 3.63) is 40.6 Å². The average Bonchev–Trinajstić information content (AvgIpc) is 3.27. The second kappa shape index (κ2) is 8.09. The van der Waals surface area contributed by atoms with Crippen molar-refractivity contribution >= 4 is 40.8 Å². The lowest BCUT2D eigenvalue weighted by Crippen LogP contribution is -2.38. The Balaban J connectivity index is 1.67. The number of nitrogens with zero attached hydrogens (tertiary/aromatic N) is 2. The number of hydrogen-bond donors (Lipinski definition) is 1. The van der Waals surface area contributed by atoms with Crippen LogP contribution in [0.15, 0.2) is 35.7 Å². The van der Waals surface area contributed by atoms with Crippen molar-refractivity contribution in [2.45, 2.75) is 6.54 Å². The Morgan fingerprint density at radius 3 is 2.39 bits per heavy atom. The summed E-state index contributed by atoms with van der Waals surface area (Å²) < 4.78 is 10.3. The lowest BCUT2D eigenvalue weighted by Gasteiger charge is -2.15. The Morgan fingerprint density at radius 2 is 1.75 bits per heavy atom. The summed E-state index contributed by atoms with van der Waals surface area (Å²) in [4.78, 5) is 51.2. The molecule has 28 heavy (non-hydrogen) atoms. The van der Waals surface area contributed by atoms with E-state index in [1.807, 2.05) is 0 Å². The van der Waals surface area contributed by atoms with Crippen LogP contribution >= 0.6 is 11.3 Å². The van der Waals surface area contributed by atoms with Crippen LogP contribution in [0.1, 0.15) is 4.88 Å². The van der Waals surface area contributed by atoms with Crippen LogP contribution in [0.2, 0.25) is 0 Å². The molecule has 1 saturated heterocycles. The lowest BCUT2D eigenvalue weighted by molar-refractivity contribution is -0.143. The molecule has 1 aromatic carbocycles. The van der Waals surface area contributed by atoms with E-state index in [2.05, 4.69) is 5.32 Å². The molecule has 5 amide bonds. The van der Waals surface area contributed by atoms with E-state index < -0.39 is 30.3 Å². The fourth-order valence-corrected chi connectivity index (χ4v) is 3.34. The maximum absolute atomic E-state index is 12.4. The first kappa shape index (κ1) is 19.4. The number of rotatable bonds is 7. The van der Waals surface area contributed by atoms with Crippen molar-refractivity contribution in [2.24, 2.45) is 0 Å². The van der Waals surface area contributed by atoms with Crippen molar-refractivity contribution in [1.29, 1.82) is 0 Å². The summed E-state index contributed by atoms with van der Waals surface area (Å²) in [6.07, 6.45) is 0. The third kappa shape index (κ3) is 3.81. The van der Waals surface area contributed by atoms with Gasteiger partial charge in [-0.05, 0) is 23.6 Å². The van der Waals surface area contributed by atoms with Crippen LogP contribution in [0.4, 0.5) is 10.5 Å². The molecule has 9 nitrogen and oxygen atoms in total. The van der Waals surface area contributed by atoms with Gasteiger partial charge in [-0.2, -0.15) is 0 Å². The first-order valence-corrected chi connectivity index (χ1v) is 9.04. The van der Waals surface area contributed by atoms with E-state index in [1.165, 1.54) is 25.6 Å². The lowest BCUT2D eigenvalue weighted by atomic mass is 10.2. The van der Waals surface area contributed by atoms with Crippen LogP contribution in [0.3, 0.4) is 0 Å². The zero-order valence-electron chi connectivity index (χ0n) is 15.1. The van der Waals surface area contributed by atoms with Gasteiger partial charge in [-0.3, -0.25) is 19.3 Å². The van der Waals surface area contributed by atoms with Crippen LogP contribution in [-0.4, -0.2) is 54.3 Å². The van der Waals surface area contributed by atoms with Gasteiger partial charge in [-0.1, -0.05) is 6.07 Å². The van der Waals surface area contributed by atoms with Crippen molar-refractivity contribution in [3.63, 3.8) is 0 Å². The van der Waals surface area contributed by atoms with Gasteiger partial charge >= 0.3 is 17.8 Å². The Morgan fingerprint density at radius 1 is 1.04 bits per heavy atom. The summed E-state index contributed by atoms with van der Waals surface area (Å²) in [5, 5.41) is 4.36. The standard InChI is InChI=1S/C18H17N3O6S/c1-26-13-6-5-11(8-14(13)27-2)19-15(22)10-21-17(24)16(23)20(18(21)25)9-12-4-3-7-28-12/h3-8H,9-10H2,1-2H3,(H,19,22). The maximum Gasteiger partial charge on any atom is 0.335 e.